The highest BCUT2D eigenvalue weighted by atomic mass is 32.2. The van der Waals surface area contributed by atoms with E-state index in [1.807, 2.05) is 18.7 Å². The van der Waals surface area contributed by atoms with Crippen LogP contribution < -0.4 is 15.8 Å². The Morgan fingerprint density at radius 1 is 0.961 bits per heavy atom. The molecule has 0 bridgehead atoms. The highest BCUT2D eigenvalue weighted by Gasteiger charge is 2.48. The predicted molar refractivity (Wildman–Crippen MR) is 190 cm³/mol. The quantitative estimate of drug-likeness (QED) is 0.0798. The molecule has 3 aromatic rings. The number of fused-ring (bicyclic) bond motifs is 2. The summed E-state index contributed by atoms with van der Waals surface area (Å²) >= 11 is 0. The van der Waals surface area contributed by atoms with Gasteiger partial charge >= 0.3 is 5.63 Å². The molecule has 4 rings (SSSR count). The van der Waals surface area contributed by atoms with Crippen LogP contribution in [0.25, 0.3) is 17.0 Å². The number of hydrogen-bond donors (Lipinski definition) is 5. The number of nitrogens with zero attached hydrogens (tertiary/aromatic N) is 2. The van der Waals surface area contributed by atoms with Crippen LogP contribution in [0.5, 0.6) is 5.75 Å². The van der Waals surface area contributed by atoms with E-state index >= 15 is 0 Å². The minimum atomic E-state index is -4.69. The number of amides is 1. The van der Waals surface area contributed by atoms with Gasteiger partial charge in [0.2, 0.25) is 11.6 Å². The normalized spacial score (nSPS) is 16.6. The van der Waals surface area contributed by atoms with Gasteiger partial charge in [0.1, 0.15) is 29.3 Å². The van der Waals surface area contributed by atoms with Crippen LogP contribution in [-0.2, 0) is 40.6 Å². The van der Waals surface area contributed by atoms with Crippen molar-refractivity contribution in [2.45, 2.75) is 56.8 Å². The molecule has 16 nitrogen and oxygen atoms in total. The first-order valence-electron chi connectivity index (χ1n) is 15.9. The summed E-state index contributed by atoms with van der Waals surface area (Å²) in [5, 5.41) is 13.6. The number of carbonyl (C=O) groups excluding carboxylic acids is 1. The van der Waals surface area contributed by atoms with E-state index < -0.39 is 63.8 Å². The Labute approximate surface area is 295 Å². The second kappa shape index (κ2) is 15.2. The van der Waals surface area contributed by atoms with Gasteiger partial charge in [0.15, 0.2) is 5.71 Å². The van der Waals surface area contributed by atoms with Gasteiger partial charge in [-0.3, -0.25) is 18.5 Å². The molecule has 0 radical (unpaired) electrons. The standard InChI is InChI=1S/C32H39N3O13S3/c1-4-34(5-2)21-9-11-23-27(18-21)48-31(38)24(30(23)37)12-14-28-32(3,15-6-8-29(36)33-20-50(42,43)44)25-19-22(51(45,46)47)10-13-26(25)35(28)16-7-17-49(39,40)41/h9-14,18-19H,4-8,15-17,20H2,1-3H3,(H4,33,36,39,40,41,42,43,44,45,46,47)/p+1. The van der Waals surface area contributed by atoms with Crippen LogP contribution in [0.15, 0.2) is 56.6 Å². The molecule has 0 saturated heterocycles. The van der Waals surface area contributed by atoms with Crippen LogP contribution in [-0.4, -0.2) is 91.5 Å². The van der Waals surface area contributed by atoms with Crippen LogP contribution in [0.2, 0.25) is 0 Å². The number of aromatic hydroxyl groups is 1. The molecule has 0 spiro atoms. The lowest BCUT2D eigenvalue weighted by molar-refractivity contribution is -0.437. The number of hydrogen-bond acceptors (Lipinski definition) is 11. The maximum absolute atomic E-state index is 13.2. The van der Waals surface area contributed by atoms with Gasteiger partial charge in [0, 0.05) is 55.4 Å². The molecule has 0 fully saturated rings. The van der Waals surface area contributed by atoms with Crippen LogP contribution in [0, 0.1) is 0 Å². The number of benzene rings is 2. The van der Waals surface area contributed by atoms with Gasteiger partial charge in [-0.15, -0.1) is 0 Å². The molecule has 1 aliphatic heterocycles. The van der Waals surface area contributed by atoms with Crippen molar-refractivity contribution >= 4 is 70.4 Å². The summed E-state index contributed by atoms with van der Waals surface area (Å²) in [7, 11) is -13.5. The van der Waals surface area contributed by atoms with E-state index in [0.29, 0.717) is 30.1 Å². The number of rotatable bonds is 16. The van der Waals surface area contributed by atoms with Gasteiger partial charge in [0.25, 0.3) is 30.4 Å². The summed E-state index contributed by atoms with van der Waals surface area (Å²) in [5.41, 5.74) is -0.228. The third-order valence-corrected chi connectivity index (χ3v) is 10.9. The van der Waals surface area contributed by atoms with Crippen molar-refractivity contribution in [2.75, 3.05) is 36.2 Å². The second-order valence-electron chi connectivity index (χ2n) is 12.2. The molecule has 1 atom stereocenters. The van der Waals surface area contributed by atoms with Gasteiger partial charge in [-0.1, -0.05) is 0 Å². The largest absolute Gasteiger partial charge is 0.506 e. The van der Waals surface area contributed by atoms with Crippen molar-refractivity contribution in [1.29, 1.82) is 0 Å². The Morgan fingerprint density at radius 3 is 2.25 bits per heavy atom. The third kappa shape index (κ3) is 9.40. The van der Waals surface area contributed by atoms with Crippen molar-refractivity contribution in [3.05, 3.63) is 64.0 Å². The Hall–Kier alpha value is -4.14. The van der Waals surface area contributed by atoms with E-state index in [-0.39, 0.29) is 54.5 Å². The first-order chi connectivity index (χ1) is 23.7. The molecule has 1 aromatic heterocycles. The molecule has 0 aliphatic carbocycles. The molecule has 51 heavy (non-hydrogen) atoms. The third-order valence-electron chi connectivity index (χ3n) is 8.76. The minimum absolute atomic E-state index is 0.0332. The lowest BCUT2D eigenvalue weighted by Crippen LogP contribution is -2.33. The van der Waals surface area contributed by atoms with E-state index in [0.717, 1.165) is 11.8 Å². The zero-order valence-electron chi connectivity index (χ0n) is 28.1. The second-order valence-corrected chi connectivity index (χ2v) is 16.6. The first-order valence-corrected chi connectivity index (χ1v) is 20.5. The van der Waals surface area contributed by atoms with Crippen molar-refractivity contribution in [3.63, 3.8) is 0 Å². The summed E-state index contributed by atoms with van der Waals surface area (Å²) in [6.45, 7) is 6.98. The van der Waals surface area contributed by atoms with E-state index in [4.69, 9.17) is 8.97 Å². The fourth-order valence-electron chi connectivity index (χ4n) is 6.25. The lowest BCUT2D eigenvalue weighted by Gasteiger charge is -2.23. The predicted octanol–water partition coefficient (Wildman–Crippen LogP) is 3.07. The van der Waals surface area contributed by atoms with Crippen molar-refractivity contribution in [3.8, 4) is 5.75 Å². The number of nitrogens with one attached hydrogen (secondary N) is 1. The topological polar surface area (TPSA) is 249 Å². The molecular formula is C32H40N3O13S3+. The molecule has 2 aromatic carbocycles. The van der Waals surface area contributed by atoms with E-state index in [1.165, 1.54) is 24.3 Å². The fourth-order valence-corrected chi connectivity index (χ4v) is 7.59. The summed E-state index contributed by atoms with van der Waals surface area (Å²) in [6.07, 6.45) is 2.63. The smallest absolute Gasteiger partial charge is 0.347 e. The Morgan fingerprint density at radius 2 is 1.65 bits per heavy atom. The monoisotopic (exact) mass is 770 g/mol. The fraction of sp³-hybridized carbons (Fsp3) is 0.406. The van der Waals surface area contributed by atoms with Gasteiger partial charge in [-0.05, 0) is 64.0 Å². The summed E-state index contributed by atoms with van der Waals surface area (Å²) in [6, 6.07) is 8.82. The molecular weight excluding hydrogens is 731 g/mol. The van der Waals surface area contributed by atoms with Crippen molar-refractivity contribution < 1.29 is 57.8 Å². The van der Waals surface area contributed by atoms with Gasteiger partial charge in [-0.2, -0.15) is 29.8 Å². The average Bonchev–Trinajstić information content (AvgIpc) is 3.25. The molecule has 1 aliphatic rings. The van der Waals surface area contributed by atoms with Gasteiger partial charge < -0.3 is 19.7 Å². The molecule has 0 saturated carbocycles. The SMILES string of the molecule is CCN(CC)c1ccc2c(O)c(/C=C/C3=[N+](CCCS(=O)(=O)O)c4ccc(S(=O)(=O)O)cc4C3(C)CCCC(=O)NCS(=O)(=O)O)c(=O)oc2c1. The highest BCUT2D eigenvalue weighted by molar-refractivity contribution is 7.86. The van der Waals surface area contributed by atoms with Crippen LogP contribution in [0.4, 0.5) is 11.4 Å². The van der Waals surface area contributed by atoms with Crippen molar-refractivity contribution in [1.82, 2.24) is 5.32 Å². The zero-order chi connectivity index (χ0) is 37.9. The first kappa shape index (κ1) is 39.6. The Balaban J connectivity index is 1.85. The lowest BCUT2D eigenvalue weighted by atomic mass is 9.75. The van der Waals surface area contributed by atoms with E-state index in [1.54, 1.807) is 29.7 Å². The van der Waals surface area contributed by atoms with Crippen molar-refractivity contribution in [2.24, 2.45) is 0 Å². The summed E-state index contributed by atoms with van der Waals surface area (Å²) in [5.74, 6) is -2.69. The number of allylic oxidation sites excluding steroid dienone is 1. The summed E-state index contributed by atoms with van der Waals surface area (Å²) in [4.78, 5) is 27.2. The van der Waals surface area contributed by atoms with Gasteiger partial charge in [0.05, 0.1) is 21.4 Å². The van der Waals surface area contributed by atoms with Crippen LogP contribution >= 0.6 is 0 Å². The molecule has 1 amide bonds. The maximum atomic E-state index is 13.2. The van der Waals surface area contributed by atoms with Crippen LogP contribution in [0.3, 0.4) is 0 Å². The molecule has 19 heteroatoms. The number of anilines is 1. The maximum Gasteiger partial charge on any atom is 0.347 e. The molecule has 5 N–H and O–H groups in total. The summed E-state index contributed by atoms with van der Waals surface area (Å²) < 4.78 is 105. The molecule has 1 unspecified atom stereocenters. The Bertz CT molecular complexity index is 2290. The molecule has 278 valence electrons. The minimum Gasteiger partial charge on any atom is -0.506 e. The highest BCUT2D eigenvalue weighted by Crippen LogP contribution is 2.45. The number of carbonyl (C=O) groups is 1. The van der Waals surface area contributed by atoms with Crippen LogP contribution in [0.1, 0.15) is 57.6 Å². The van der Waals surface area contributed by atoms with Gasteiger partial charge in [-0.25, -0.2) is 4.79 Å². The van der Waals surface area contributed by atoms with E-state index in [2.05, 4.69) is 5.32 Å². The average molecular weight is 771 g/mol. The van der Waals surface area contributed by atoms with E-state index in [9.17, 15) is 49.1 Å². The zero-order valence-corrected chi connectivity index (χ0v) is 30.5. The molecule has 2 heterocycles. The Kier molecular flexibility index (Phi) is 11.8.